The zero-order valence-electron chi connectivity index (χ0n) is 13.3. The van der Waals surface area contributed by atoms with E-state index in [1.165, 1.54) is 17.0 Å². The summed E-state index contributed by atoms with van der Waals surface area (Å²) >= 11 is 0. The number of anilines is 2. The zero-order chi connectivity index (χ0) is 18.2. The third-order valence-electron chi connectivity index (χ3n) is 4.07. The van der Waals surface area contributed by atoms with E-state index in [2.05, 4.69) is 5.32 Å². The second kappa shape index (κ2) is 6.23. The number of nitrogens with one attached hydrogen (secondary N) is 1. The number of carbonyl (C=O) groups is 2. The molecule has 0 aromatic heterocycles. The summed E-state index contributed by atoms with van der Waals surface area (Å²) in [6.07, 6.45) is -3.90. The first kappa shape index (κ1) is 17.0. The van der Waals surface area contributed by atoms with Gasteiger partial charge < -0.3 is 10.2 Å². The number of alkyl halides is 3. The van der Waals surface area contributed by atoms with Gasteiger partial charge in [-0.3, -0.25) is 9.59 Å². The van der Waals surface area contributed by atoms with Gasteiger partial charge in [0.1, 0.15) is 0 Å². The Labute approximate surface area is 142 Å². The quantitative estimate of drug-likeness (QED) is 0.800. The molecule has 1 aliphatic heterocycles. The van der Waals surface area contributed by atoms with E-state index >= 15 is 0 Å². The summed E-state index contributed by atoms with van der Waals surface area (Å²) in [7, 11) is 0. The van der Waals surface area contributed by atoms with Crippen molar-refractivity contribution in [1.82, 2.24) is 0 Å². The SMILES string of the molecule is CC1Cc2ccccc2N1C(=O)C(=O)Nc1cccc(C(F)(F)F)c1. The van der Waals surface area contributed by atoms with Gasteiger partial charge in [0.15, 0.2) is 0 Å². The van der Waals surface area contributed by atoms with Crippen LogP contribution in [0.5, 0.6) is 0 Å². The Bertz CT molecular complexity index is 833. The Kier molecular flexibility index (Phi) is 4.24. The summed E-state index contributed by atoms with van der Waals surface area (Å²) in [6.45, 7) is 1.81. The van der Waals surface area contributed by atoms with Crippen molar-refractivity contribution in [3.05, 3.63) is 59.7 Å². The lowest BCUT2D eigenvalue weighted by Gasteiger charge is -2.22. The molecular weight excluding hydrogens is 333 g/mol. The molecule has 0 spiro atoms. The van der Waals surface area contributed by atoms with Gasteiger partial charge in [-0.15, -0.1) is 0 Å². The van der Waals surface area contributed by atoms with E-state index in [9.17, 15) is 22.8 Å². The van der Waals surface area contributed by atoms with Crippen LogP contribution in [0, 0.1) is 0 Å². The average Bonchev–Trinajstić information content (AvgIpc) is 2.89. The number of amides is 2. The first-order valence-electron chi connectivity index (χ1n) is 7.67. The largest absolute Gasteiger partial charge is 0.416 e. The molecular formula is C18H15F3N2O2. The lowest BCUT2D eigenvalue weighted by molar-refractivity contribution is -0.137. The third kappa shape index (κ3) is 3.35. The van der Waals surface area contributed by atoms with E-state index in [0.29, 0.717) is 12.1 Å². The summed E-state index contributed by atoms with van der Waals surface area (Å²) in [5.41, 5.74) is 0.639. The van der Waals surface area contributed by atoms with Crippen molar-refractivity contribution >= 4 is 23.2 Å². The Morgan fingerprint density at radius 2 is 1.84 bits per heavy atom. The molecule has 0 saturated carbocycles. The van der Waals surface area contributed by atoms with Crippen LogP contribution >= 0.6 is 0 Å². The molecule has 25 heavy (non-hydrogen) atoms. The number of para-hydroxylation sites is 1. The topological polar surface area (TPSA) is 49.4 Å². The Morgan fingerprint density at radius 1 is 1.12 bits per heavy atom. The normalized spacial score (nSPS) is 16.5. The summed E-state index contributed by atoms with van der Waals surface area (Å²) in [5.74, 6) is -1.77. The second-order valence-corrected chi connectivity index (χ2v) is 5.89. The van der Waals surface area contributed by atoms with Crippen molar-refractivity contribution in [3.8, 4) is 0 Å². The van der Waals surface area contributed by atoms with Crippen LogP contribution < -0.4 is 10.2 Å². The highest BCUT2D eigenvalue weighted by atomic mass is 19.4. The molecule has 3 rings (SSSR count). The van der Waals surface area contributed by atoms with Gasteiger partial charge in [0.2, 0.25) is 0 Å². The minimum absolute atomic E-state index is 0.0756. The molecule has 1 N–H and O–H groups in total. The van der Waals surface area contributed by atoms with Crippen LogP contribution in [0.3, 0.4) is 0 Å². The van der Waals surface area contributed by atoms with Crippen LogP contribution in [0.1, 0.15) is 18.1 Å². The van der Waals surface area contributed by atoms with Gasteiger partial charge in [-0.05, 0) is 43.2 Å². The molecule has 4 nitrogen and oxygen atoms in total. The molecule has 7 heteroatoms. The van der Waals surface area contributed by atoms with Gasteiger partial charge in [-0.25, -0.2) is 0 Å². The Hall–Kier alpha value is -2.83. The number of halogens is 3. The molecule has 2 amide bonds. The summed E-state index contributed by atoms with van der Waals surface area (Å²) in [5, 5.41) is 2.25. The molecule has 1 unspecified atom stereocenters. The monoisotopic (exact) mass is 348 g/mol. The third-order valence-corrected chi connectivity index (χ3v) is 4.07. The lowest BCUT2D eigenvalue weighted by atomic mass is 10.1. The highest BCUT2D eigenvalue weighted by molar-refractivity contribution is 6.44. The van der Waals surface area contributed by atoms with Gasteiger partial charge in [-0.1, -0.05) is 24.3 Å². The molecule has 0 saturated heterocycles. The molecule has 2 aromatic carbocycles. The van der Waals surface area contributed by atoms with Gasteiger partial charge in [0, 0.05) is 17.4 Å². The number of fused-ring (bicyclic) bond motifs is 1. The maximum Gasteiger partial charge on any atom is 0.416 e. The number of nitrogens with zero attached hydrogens (tertiary/aromatic N) is 1. The fourth-order valence-corrected chi connectivity index (χ4v) is 2.94. The van der Waals surface area contributed by atoms with Crippen LogP contribution in [0.2, 0.25) is 0 Å². The van der Waals surface area contributed by atoms with Crippen LogP contribution in [-0.4, -0.2) is 17.9 Å². The molecule has 0 bridgehead atoms. The number of hydrogen-bond acceptors (Lipinski definition) is 2. The summed E-state index contributed by atoms with van der Waals surface area (Å²) < 4.78 is 38.2. The first-order valence-corrected chi connectivity index (χ1v) is 7.67. The number of carbonyl (C=O) groups excluding carboxylic acids is 2. The lowest BCUT2D eigenvalue weighted by Crippen LogP contribution is -2.43. The maximum atomic E-state index is 12.7. The molecule has 0 aliphatic carbocycles. The molecule has 1 heterocycles. The standard InChI is InChI=1S/C18H15F3N2O2/c1-11-9-12-5-2-3-8-15(12)23(11)17(25)16(24)22-14-7-4-6-13(10-14)18(19,20)21/h2-8,10-11H,9H2,1H3,(H,22,24). The summed E-state index contributed by atoms with van der Waals surface area (Å²) in [4.78, 5) is 26.1. The summed E-state index contributed by atoms with van der Waals surface area (Å²) in [6, 6.07) is 11.2. The average molecular weight is 348 g/mol. The van der Waals surface area contributed by atoms with Gasteiger partial charge in [0.25, 0.3) is 0 Å². The zero-order valence-corrected chi connectivity index (χ0v) is 13.3. The first-order chi connectivity index (χ1) is 11.8. The molecule has 130 valence electrons. The van der Waals surface area contributed by atoms with Crippen LogP contribution in [0.4, 0.5) is 24.5 Å². The molecule has 0 fully saturated rings. The highest BCUT2D eigenvalue weighted by Crippen LogP contribution is 2.33. The molecule has 0 radical (unpaired) electrons. The minimum Gasteiger partial charge on any atom is -0.318 e. The predicted octanol–water partition coefficient (Wildman–Crippen LogP) is 3.62. The van der Waals surface area contributed by atoms with Crippen LogP contribution in [0.15, 0.2) is 48.5 Å². The van der Waals surface area contributed by atoms with E-state index in [1.54, 1.807) is 12.1 Å². The Balaban J connectivity index is 1.79. The van der Waals surface area contributed by atoms with Crippen molar-refractivity contribution < 1.29 is 22.8 Å². The van der Waals surface area contributed by atoms with Crippen molar-refractivity contribution in [1.29, 1.82) is 0 Å². The van der Waals surface area contributed by atoms with Crippen LogP contribution in [0.25, 0.3) is 0 Å². The fourth-order valence-electron chi connectivity index (χ4n) is 2.94. The van der Waals surface area contributed by atoms with Gasteiger partial charge in [0.05, 0.1) is 5.56 Å². The maximum absolute atomic E-state index is 12.7. The van der Waals surface area contributed by atoms with Crippen LogP contribution in [-0.2, 0) is 22.2 Å². The van der Waals surface area contributed by atoms with Gasteiger partial charge >= 0.3 is 18.0 Å². The molecule has 1 aliphatic rings. The smallest absolute Gasteiger partial charge is 0.318 e. The number of hydrogen-bond donors (Lipinski definition) is 1. The van der Waals surface area contributed by atoms with Crippen molar-refractivity contribution in [3.63, 3.8) is 0 Å². The van der Waals surface area contributed by atoms with E-state index < -0.39 is 23.6 Å². The molecule has 1 atom stereocenters. The van der Waals surface area contributed by atoms with Gasteiger partial charge in [-0.2, -0.15) is 13.2 Å². The van der Waals surface area contributed by atoms with E-state index in [1.807, 2.05) is 19.1 Å². The molecule has 2 aromatic rings. The Morgan fingerprint density at radius 3 is 2.56 bits per heavy atom. The number of benzene rings is 2. The van der Waals surface area contributed by atoms with E-state index in [4.69, 9.17) is 0 Å². The van der Waals surface area contributed by atoms with E-state index in [-0.39, 0.29) is 11.7 Å². The highest BCUT2D eigenvalue weighted by Gasteiger charge is 2.34. The van der Waals surface area contributed by atoms with E-state index in [0.717, 1.165) is 17.7 Å². The fraction of sp³-hybridized carbons (Fsp3) is 0.222. The predicted molar refractivity (Wildman–Crippen MR) is 87.2 cm³/mol. The minimum atomic E-state index is -4.52. The van der Waals surface area contributed by atoms with Crippen molar-refractivity contribution in [2.75, 3.05) is 10.2 Å². The van der Waals surface area contributed by atoms with Crippen molar-refractivity contribution in [2.45, 2.75) is 25.6 Å². The van der Waals surface area contributed by atoms with Crippen molar-refractivity contribution in [2.24, 2.45) is 0 Å². The second-order valence-electron chi connectivity index (χ2n) is 5.89. The number of rotatable bonds is 1.